The van der Waals surface area contributed by atoms with Gasteiger partial charge in [-0.25, -0.2) is 4.98 Å². The molecule has 0 amide bonds. The molecule has 1 atom stereocenters. The molecule has 0 saturated carbocycles. The molecule has 0 aliphatic heterocycles. The van der Waals surface area contributed by atoms with Crippen molar-refractivity contribution in [2.75, 3.05) is 0 Å². The second kappa shape index (κ2) is 2.73. The minimum atomic E-state index is -0.181. The maximum absolute atomic E-state index is 9.30. The number of hydrogen-bond acceptors (Lipinski definition) is 3. The first kappa shape index (κ1) is 7.53. The number of halogens is 1. The quantitative estimate of drug-likeness (QED) is 0.673. The van der Waals surface area contributed by atoms with Gasteiger partial charge in [0.15, 0.2) is 4.47 Å². The highest BCUT2D eigenvalue weighted by molar-refractivity contribution is 7.15. The molecule has 1 N–H and O–H groups in total. The number of hydrogen-bond donors (Lipinski definition) is 1. The van der Waals surface area contributed by atoms with Crippen LogP contribution in [0.5, 0.6) is 0 Å². The van der Waals surface area contributed by atoms with Gasteiger partial charge in [0.1, 0.15) is 0 Å². The van der Waals surface area contributed by atoms with Gasteiger partial charge in [0.2, 0.25) is 0 Å². The molecule has 0 radical (unpaired) electrons. The molecule has 1 aromatic rings. The van der Waals surface area contributed by atoms with Crippen LogP contribution in [0.25, 0.3) is 0 Å². The smallest absolute Gasteiger partial charge is 0.184 e. The lowest BCUT2D eigenvalue weighted by Crippen LogP contribution is -2.17. The van der Waals surface area contributed by atoms with Gasteiger partial charge in [0.05, 0.1) is 11.8 Å². The van der Waals surface area contributed by atoms with Crippen molar-refractivity contribution in [3.8, 4) is 0 Å². The van der Waals surface area contributed by atoms with Gasteiger partial charge in [0, 0.05) is 11.3 Å². The van der Waals surface area contributed by atoms with Crippen molar-refractivity contribution >= 4 is 22.9 Å². The van der Waals surface area contributed by atoms with E-state index < -0.39 is 0 Å². The zero-order valence-electron chi connectivity index (χ0n) is 5.88. The molecule has 0 saturated heterocycles. The number of thiazole rings is 1. The standard InChI is InChI=1S/C7H8ClNOS/c8-7-9-5-2-1-4(10)3-6(5)11-7/h4,10H,1-3H2/t4-/m1/s1. The summed E-state index contributed by atoms with van der Waals surface area (Å²) < 4.78 is 0.601. The van der Waals surface area contributed by atoms with E-state index >= 15 is 0 Å². The van der Waals surface area contributed by atoms with Crippen LogP contribution >= 0.6 is 22.9 Å². The van der Waals surface area contributed by atoms with Crippen LogP contribution in [0.1, 0.15) is 17.0 Å². The van der Waals surface area contributed by atoms with Gasteiger partial charge in [0.25, 0.3) is 0 Å². The van der Waals surface area contributed by atoms with Gasteiger partial charge in [-0.15, -0.1) is 11.3 Å². The molecule has 4 heteroatoms. The Balaban J connectivity index is 2.34. The third-order valence-corrected chi connectivity index (χ3v) is 3.11. The lowest BCUT2D eigenvalue weighted by Gasteiger charge is -2.14. The lowest BCUT2D eigenvalue weighted by molar-refractivity contribution is 0.159. The van der Waals surface area contributed by atoms with Crippen molar-refractivity contribution in [3.05, 3.63) is 15.0 Å². The maximum Gasteiger partial charge on any atom is 0.184 e. The van der Waals surface area contributed by atoms with E-state index in [1.165, 1.54) is 11.3 Å². The summed E-state index contributed by atoms with van der Waals surface area (Å²) in [6, 6.07) is 0. The molecular weight excluding hydrogens is 182 g/mol. The molecular formula is C7H8ClNOS. The molecule has 0 spiro atoms. The second-order valence-corrected chi connectivity index (χ2v) is 4.40. The predicted octanol–water partition coefficient (Wildman–Crippen LogP) is 1.65. The summed E-state index contributed by atoms with van der Waals surface area (Å²) in [6.07, 6.45) is 2.26. The van der Waals surface area contributed by atoms with Crippen molar-refractivity contribution in [1.82, 2.24) is 4.98 Å². The molecule has 60 valence electrons. The third kappa shape index (κ3) is 1.41. The Bertz CT molecular complexity index is 273. The Kier molecular flexibility index (Phi) is 1.87. The molecule has 1 heterocycles. The molecule has 0 fully saturated rings. The Hall–Kier alpha value is -0.120. The molecule has 1 aliphatic rings. The Labute approximate surface area is 73.8 Å². The van der Waals surface area contributed by atoms with Crippen LogP contribution < -0.4 is 0 Å². The summed E-state index contributed by atoms with van der Waals surface area (Å²) >= 11 is 7.21. The van der Waals surface area contributed by atoms with Crippen molar-refractivity contribution in [3.63, 3.8) is 0 Å². The number of aliphatic hydroxyl groups excluding tert-OH is 1. The summed E-state index contributed by atoms with van der Waals surface area (Å²) in [7, 11) is 0. The van der Waals surface area contributed by atoms with Crippen LogP contribution in [-0.2, 0) is 12.8 Å². The Morgan fingerprint density at radius 1 is 1.64 bits per heavy atom. The van der Waals surface area contributed by atoms with Gasteiger partial charge >= 0.3 is 0 Å². The summed E-state index contributed by atoms with van der Waals surface area (Å²) in [4.78, 5) is 5.32. The highest BCUT2D eigenvalue weighted by Crippen LogP contribution is 2.29. The van der Waals surface area contributed by atoms with Crippen LogP contribution in [0, 0.1) is 0 Å². The molecule has 1 aromatic heterocycles. The van der Waals surface area contributed by atoms with Gasteiger partial charge in [-0.05, 0) is 12.8 Å². The number of rotatable bonds is 0. The highest BCUT2D eigenvalue weighted by Gasteiger charge is 2.19. The number of aryl methyl sites for hydroxylation is 1. The summed E-state index contributed by atoms with van der Waals surface area (Å²) in [5, 5.41) is 9.30. The number of fused-ring (bicyclic) bond motifs is 1. The zero-order valence-corrected chi connectivity index (χ0v) is 7.45. The SMILES string of the molecule is O[C@@H]1CCc2nc(Cl)sc2C1. The monoisotopic (exact) mass is 189 g/mol. The summed E-state index contributed by atoms with van der Waals surface area (Å²) in [5.74, 6) is 0. The fraction of sp³-hybridized carbons (Fsp3) is 0.571. The van der Waals surface area contributed by atoms with Crippen molar-refractivity contribution in [2.45, 2.75) is 25.4 Å². The van der Waals surface area contributed by atoms with Crippen molar-refractivity contribution in [1.29, 1.82) is 0 Å². The van der Waals surface area contributed by atoms with E-state index in [0.717, 1.165) is 29.8 Å². The van der Waals surface area contributed by atoms with Gasteiger partial charge in [-0.3, -0.25) is 0 Å². The predicted molar refractivity (Wildman–Crippen MR) is 45.2 cm³/mol. The van der Waals surface area contributed by atoms with Crippen LogP contribution in [0.3, 0.4) is 0 Å². The number of aromatic nitrogens is 1. The first-order chi connectivity index (χ1) is 5.25. The van der Waals surface area contributed by atoms with Crippen LogP contribution in [0.4, 0.5) is 0 Å². The van der Waals surface area contributed by atoms with Crippen LogP contribution in [-0.4, -0.2) is 16.2 Å². The molecule has 0 unspecified atom stereocenters. The molecule has 0 bridgehead atoms. The van der Waals surface area contributed by atoms with E-state index in [0.29, 0.717) is 4.47 Å². The Morgan fingerprint density at radius 2 is 2.45 bits per heavy atom. The van der Waals surface area contributed by atoms with E-state index in [-0.39, 0.29) is 6.10 Å². The van der Waals surface area contributed by atoms with E-state index in [2.05, 4.69) is 4.98 Å². The normalized spacial score (nSPS) is 23.3. The van der Waals surface area contributed by atoms with Crippen molar-refractivity contribution < 1.29 is 5.11 Å². The van der Waals surface area contributed by atoms with Crippen molar-refractivity contribution in [2.24, 2.45) is 0 Å². The minimum absolute atomic E-state index is 0.181. The third-order valence-electron chi connectivity index (χ3n) is 1.89. The number of aliphatic hydroxyl groups is 1. The zero-order chi connectivity index (χ0) is 7.84. The first-order valence-corrected chi connectivity index (χ1v) is 4.77. The molecule has 2 nitrogen and oxygen atoms in total. The molecule has 0 aromatic carbocycles. The minimum Gasteiger partial charge on any atom is -0.393 e. The highest BCUT2D eigenvalue weighted by atomic mass is 35.5. The fourth-order valence-corrected chi connectivity index (χ4v) is 2.61. The van der Waals surface area contributed by atoms with Gasteiger partial charge in [-0.1, -0.05) is 11.6 Å². The molecule has 11 heavy (non-hydrogen) atoms. The van der Waals surface area contributed by atoms with Gasteiger partial charge < -0.3 is 5.11 Å². The Morgan fingerprint density at radius 3 is 3.27 bits per heavy atom. The summed E-state index contributed by atoms with van der Waals surface area (Å²) in [5.41, 5.74) is 1.09. The van der Waals surface area contributed by atoms with Crippen LogP contribution in [0.15, 0.2) is 0 Å². The summed E-state index contributed by atoms with van der Waals surface area (Å²) in [6.45, 7) is 0. The first-order valence-electron chi connectivity index (χ1n) is 3.58. The topological polar surface area (TPSA) is 33.1 Å². The maximum atomic E-state index is 9.30. The average molecular weight is 190 g/mol. The second-order valence-electron chi connectivity index (χ2n) is 2.73. The molecule has 1 aliphatic carbocycles. The fourth-order valence-electron chi connectivity index (χ4n) is 1.33. The lowest BCUT2D eigenvalue weighted by atomic mass is 10.0. The number of nitrogens with zero attached hydrogens (tertiary/aromatic N) is 1. The average Bonchev–Trinajstić information content (AvgIpc) is 2.27. The largest absolute Gasteiger partial charge is 0.393 e. The van der Waals surface area contributed by atoms with E-state index in [1.54, 1.807) is 0 Å². The van der Waals surface area contributed by atoms with E-state index in [9.17, 15) is 5.11 Å². The van der Waals surface area contributed by atoms with E-state index in [4.69, 9.17) is 11.6 Å². The van der Waals surface area contributed by atoms with Gasteiger partial charge in [-0.2, -0.15) is 0 Å². The van der Waals surface area contributed by atoms with E-state index in [1.807, 2.05) is 0 Å². The van der Waals surface area contributed by atoms with Crippen LogP contribution in [0.2, 0.25) is 4.47 Å². The molecule has 2 rings (SSSR count).